The maximum absolute atomic E-state index is 13.5. The number of nitrogens with zero attached hydrogens (tertiary/aromatic N) is 1. The quantitative estimate of drug-likeness (QED) is 0.265. The molecule has 1 N–H and O–H groups in total. The third-order valence-corrected chi connectivity index (χ3v) is 14.2. The number of aryl methyl sites for hydroxylation is 1. The van der Waals surface area contributed by atoms with E-state index < -0.39 is 24.3 Å². The third kappa shape index (κ3) is 4.98. The number of aromatic nitrogens is 1. The number of hydrogen-bond donors (Lipinski definition) is 1. The van der Waals surface area contributed by atoms with Gasteiger partial charge in [0.15, 0.2) is 8.24 Å². The number of benzene rings is 3. The lowest BCUT2D eigenvalue weighted by Gasteiger charge is -2.38. The van der Waals surface area contributed by atoms with Crippen molar-refractivity contribution in [1.29, 1.82) is 0 Å². The summed E-state index contributed by atoms with van der Waals surface area (Å²) in [5, 5.41) is 1.75. The summed E-state index contributed by atoms with van der Waals surface area (Å²) in [6, 6.07) is 22.0. The van der Waals surface area contributed by atoms with Crippen molar-refractivity contribution in [2.45, 2.75) is 56.8 Å². The van der Waals surface area contributed by atoms with Crippen LogP contribution in [0.3, 0.4) is 0 Å². The van der Waals surface area contributed by atoms with E-state index >= 15 is 0 Å². The van der Waals surface area contributed by atoms with E-state index in [2.05, 4.69) is 61.1 Å². The van der Waals surface area contributed by atoms with Crippen molar-refractivity contribution >= 4 is 40.8 Å². The highest BCUT2D eigenvalue weighted by Crippen LogP contribution is 2.41. The van der Waals surface area contributed by atoms with Crippen molar-refractivity contribution in [3.05, 3.63) is 101 Å². The van der Waals surface area contributed by atoms with Crippen LogP contribution in [0.25, 0.3) is 10.9 Å². The molecule has 0 saturated heterocycles. The molecule has 4 rings (SSSR count). The zero-order valence-corrected chi connectivity index (χ0v) is 23.7. The molecular weight excluding hydrogens is 492 g/mol. The monoisotopic (exact) mass is 524 g/mol. The lowest BCUT2D eigenvalue weighted by molar-refractivity contribution is 0.572. The molecule has 1 atom stereocenters. The molecule has 0 fully saturated rings. The summed E-state index contributed by atoms with van der Waals surface area (Å²) in [6.45, 7) is 13.5. The van der Waals surface area contributed by atoms with Crippen LogP contribution in [0.1, 0.15) is 43.5 Å². The predicted octanol–water partition coefficient (Wildman–Crippen LogP) is 7.52. The molecule has 7 heteroatoms. The highest BCUT2D eigenvalue weighted by Gasteiger charge is 2.39. The molecule has 0 radical (unpaired) electrons. The van der Waals surface area contributed by atoms with E-state index in [0.717, 1.165) is 27.6 Å². The van der Waals surface area contributed by atoms with Gasteiger partial charge in [0.2, 0.25) is 10.0 Å². The fourth-order valence-electron chi connectivity index (χ4n) is 4.17. The van der Waals surface area contributed by atoms with E-state index in [4.69, 9.17) is 11.6 Å². The van der Waals surface area contributed by atoms with Crippen LogP contribution in [0, 0.1) is 6.92 Å². The van der Waals surface area contributed by atoms with Gasteiger partial charge in [-0.3, -0.25) is 0 Å². The molecule has 0 aliphatic rings. The molecule has 1 aromatic heterocycles. The third-order valence-electron chi connectivity index (χ3n) is 7.30. The Balaban J connectivity index is 1.93. The van der Waals surface area contributed by atoms with Crippen LogP contribution >= 0.6 is 11.6 Å². The summed E-state index contributed by atoms with van der Waals surface area (Å²) in [4.78, 5) is 0.246. The molecule has 4 aromatic rings. The van der Waals surface area contributed by atoms with Gasteiger partial charge in [-0.1, -0.05) is 93.5 Å². The topological polar surface area (TPSA) is 51.1 Å². The van der Waals surface area contributed by atoms with Gasteiger partial charge >= 0.3 is 0 Å². The van der Waals surface area contributed by atoms with E-state index in [9.17, 15) is 8.42 Å². The van der Waals surface area contributed by atoms with E-state index in [1.807, 2.05) is 43.3 Å². The second kappa shape index (κ2) is 9.25. The van der Waals surface area contributed by atoms with Crippen LogP contribution in [-0.4, -0.2) is 20.9 Å². The summed E-state index contributed by atoms with van der Waals surface area (Å²) in [5.74, 6) is 0. The lowest BCUT2D eigenvalue weighted by Crippen LogP contribution is -2.45. The van der Waals surface area contributed by atoms with Gasteiger partial charge in [0.25, 0.3) is 0 Å². The number of fused-ring (bicyclic) bond motifs is 1. The molecule has 3 aromatic carbocycles. The first-order valence-electron chi connectivity index (χ1n) is 11.8. The Bertz CT molecular complexity index is 1450. The first kappa shape index (κ1) is 25.7. The van der Waals surface area contributed by atoms with Gasteiger partial charge in [-0.05, 0) is 53.4 Å². The van der Waals surface area contributed by atoms with E-state index in [1.54, 1.807) is 24.3 Å². The van der Waals surface area contributed by atoms with Gasteiger partial charge in [0.05, 0.1) is 10.9 Å². The maximum atomic E-state index is 13.5. The first-order chi connectivity index (χ1) is 16.3. The molecule has 184 valence electrons. The fraction of sp³-hybridized carbons (Fsp3) is 0.286. The molecule has 0 spiro atoms. The maximum Gasteiger partial charge on any atom is 0.241 e. The number of hydrogen-bond acceptors (Lipinski definition) is 2. The van der Waals surface area contributed by atoms with Crippen LogP contribution in [0.2, 0.25) is 23.2 Å². The Labute approximate surface area is 215 Å². The normalized spacial score (nSPS) is 13.8. The summed E-state index contributed by atoms with van der Waals surface area (Å²) in [6.07, 6.45) is 2.17. The summed E-state index contributed by atoms with van der Waals surface area (Å²) < 4.78 is 32.5. The van der Waals surface area contributed by atoms with Crippen molar-refractivity contribution in [3.63, 3.8) is 0 Å². The lowest BCUT2D eigenvalue weighted by atomic mass is 9.99. The molecule has 1 heterocycles. The molecular formula is C28H33ClN2O2SSi. The van der Waals surface area contributed by atoms with Crippen molar-refractivity contribution in [3.8, 4) is 0 Å². The van der Waals surface area contributed by atoms with Crippen LogP contribution in [0.4, 0.5) is 0 Å². The van der Waals surface area contributed by atoms with E-state index in [-0.39, 0.29) is 9.93 Å². The molecule has 35 heavy (non-hydrogen) atoms. The SMILES string of the molecule is Cc1ccc(S(=O)(=O)NC(c2ccc(Cl)cc2)c2cn([Si](C)(C)C(C)(C)C)c3ccccc23)cc1. The molecule has 0 amide bonds. The van der Waals surface area contributed by atoms with E-state index in [1.165, 1.54) is 0 Å². The first-order valence-corrected chi connectivity index (χ1v) is 16.6. The van der Waals surface area contributed by atoms with Gasteiger partial charge in [-0.25, -0.2) is 8.42 Å². The highest BCUT2D eigenvalue weighted by molar-refractivity contribution is 7.89. The van der Waals surface area contributed by atoms with Gasteiger partial charge < -0.3 is 4.23 Å². The highest BCUT2D eigenvalue weighted by atomic mass is 35.5. The minimum Gasteiger partial charge on any atom is -0.374 e. The van der Waals surface area contributed by atoms with Crippen LogP contribution in [-0.2, 0) is 10.0 Å². The largest absolute Gasteiger partial charge is 0.374 e. The van der Waals surface area contributed by atoms with Crippen molar-refractivity contribution in [2.75, 3.05) is 0 Å². The van der Waals surface area contributed by atoms with Crippen molar-refractivity contribution in [1.82, 2.24) is 8.95 Å². The Kier molecular flexibility index (Phi) is 6.79. The van der Waals surface area contributed by atoms with Crippen LogP contribution in [0.5, 0.6) is 0 Å². The van der Waals surface area contributed by atoms with Gasteiger partial charge in [0, 0.05) is 22.1 Å². The standard InChI is InChI=1S/C28H33ClN2O2SSi/c1-20-11-17-23(18-12-20)34(32,33)30-27(21-13-15-22(29)16-14-21)25-19-31(35(5,6)28(2,3)4)26-10-8-7-9-24(25)26/h7-19,27,30H,1-6H3. The molecule has 0 saturated carbocycles. The zero-order valence-electron chi connectivity index (χ0n) is 21.1. The number of sulfonamides is 1. The molecule has 4 nitrogen and oxygen atoms in total. The number of rotatable bonds is 6. The zero-order chi connectivity index (χ0) is 25.6. The van der Waals surface area contributed by atoms with Gasteiger partial charge in [0.1, 0.15) is 0 Å². The molecule has 0 aliphatic carbocycles. The van der Waals surface area contributed by atoms with Crippen LogP contribution in [0.15, 0.2) is 83.9 Å². The summed E-state index contributed by atoms with van der Waals surface area (Å²) >= 11 is 6.18. The number of halogens is 1. The average molecular weight is 525 g/mol. The molecule has 1 unspecified atom stereocenters. The summed E-state index contributed by atoms with van der Waals surface area (Å²) in [7, 11) is -5.78. The van der Waals surface area contributed by atoms with E-state index in [0.29, 0.717) is 5.02 Å². The molecule has 0 aliphatic heterocycles. The summed E-state index contributed by atoms with van der Waals surface area (Å²) in [5.41, 5.74) is 3.91. The van der Waals surface area contributed by atoms with Gasteiger partial charge in [-0.2, -0.15) is 4.72 Å². The smallest absolute Gasteiger partial charge is 0.241 e. The fourth-order valence-corrected chi connectivity index (χ4v) is 7.48. The van der Waals surface area contributed by atoms with Crippen molar-refractivity contribution in [2.24, 2.45) is 0 Å². The Morgan fingerprint density at radius 3 is 2.11 bits per heavy atom. The van der Waals surface area contributed by atoms with Crippen molar-refractivity contribution < 1.29 is 8.42 Å². The minimum absolute atomic E-state index is 0.100. The molecule has 0 bridgehead atoms. The number of nitrogens with one attached hydrogen (secondary N) is 1. The Morgan fingerprint density at radius 1 is 0.914 bits per heavy atom. The average Bonchev–Trinajstić information content (AvgIpc) is 3.18. The predicted molar refractivity (Wildman–Crippen MR) is 149 cm³/mol. The second-order valence-corrected chi connectivity index (χ2v) is 17.9. The second-order valence-electron chi connectivity index (χ2n) is 10.7. The van der Waals surface area contributed by atoms with Crippen LogP contribution < -0.4 is 4.72 Å². The Hall–Kier alpha value is -2.38. The Morgan fingerprint density at radius 2 is 1.51 bits per heavy atom. The number of para-hydroxylation sites is 1. The minimum atomic E-state index is -3.79. The van der Waals surface area contributed by atoms with Gasteiger partial charge in [-0.15, -0.1) is 0 Å².